The summed E-state index contributed by atoms with van der Waals surface area (Å²) in [5, 5.41) is 0. The third-order valence-corrected chi connectivity index (χ3v) is 6.97. The van der Waals surface area contributed by atoms with Gasteiger partial charge in [-0.25, -0.2) is 4.90 Å². The second-order valence-electron chi connectivity index (χ2n) is 10.4. The van der Waals surface area contributed by atoms with Crippen LogP contribution in [0.4, 0.5) is 5.69 Å². The lowest BCUT2D eigenvalue weighted by molar-refractivity contribution is -0.595. The first-order chi connectivity index (χ1) is 14.2. The third kappa shape index (κ3) is 3.20. The second kappa shape index (κ2) is 7.87. The molecule has 0 saturated carbocycles. The fourth-order valence-electron chi connectivity index (χ4n) is 5.79. The molecule has 0 N–H and O–H groups in total. The highest BCUT2D eigenvalue weighted by atomic mass is 15.4. The Morgan fingerprint density at radius 1 is 0.767 bits per heavy atom. The average Bonchev–Trinajstić information content (AvgIpc) is 3.21. The predicted molar refractivity (Wildman–Crippen MR) is 129 cm³/mol. The first-order valence-electron chi connectivity index (χ1n) is 11.9. The monoisotopic (exact) mass is 403 g/mol. The molecule has 1 aliphatic carbocycles. The molecular weight excluding hydrogens is 364 g/mol. The van der Waals surface area contributed by atoms with Gasteiger partial charge in [0.15, 0.2) is 6.04 Å². The zero-order valence-corrected chi connectivity index (χ0v) is 20.1. The fourth-order valence-corrected chi connectivity index (χ4v) is 5.79. The number of amidine groups is 1. The summed E-state index contributed by atoms with van der Waals surface area (Å²) in [6.07, 6.45) is 1.13. The number of nitrogens with zero attached hydrogens (tertiary/aromatic N) is 2. The number of para-hydroxylation sites is 1. The lowest BCUT2D eigenvalue weighted by atomic mass is 9.90. The minimum Gasteiger partial charge on any atom is -0.252 e. The lowest BCUT2D eigenvalue weighted by Gasteiger charge is -2.28. The van der Waals surface area contributed by atoms with Crippen LogP contribution in [0.1, 0.15) is 95.5 Å². The second-order valence-corrected chi connectivity index (χ2v) is 10.4. The van der Waals surface area contributed by atoms with E-state index >= 15 is 0 Å². The molecule has 0 radical (unpaired) electrons. The third-order valence-electron chi connectivity index (χ3n) is 6.97. The Kier molecular flexibility index (Phi) is 5.55. The quantitative estimate of drug-likeness (QED) is 0.492. The predicted octanol–water partition coefficient (Wildman–Crippen LogP) is 6.89. The number of hydrogen-bond acceptors (Lipinski definition) is 1. The van der Waals surface area contributed by atoms with E-state index in [0.717, 1.165) is 6.42 Å². The van der Waals surface area contributed by atoms with Gasteiger partial charge in [-0.3, -0.25) is 4.58 Å². The van der Waals surface area contributed by atoms with E-state index in [1.807, 2.05) is 0 Å². The molecule has 2 aromatic carbocycles. The van der Waals surface area contributed by atoms with Gasteiger partial charge in [-0.1, -0.05) is 84.0 Å². The van der Waals surface area contributed by atoms with Gasteiger partial charge >= 0.3 is 0 Å². The van der Waals surface area contributed by atoms with Crippen molar-refractivity contribution in [2.45, 2.75) is 91.8 Å². The van der Waals surface area contributed by atoms with Gasteiger partial charge < -0.3 is 0 Å². The van der Waals surface area contributed by atoms with E-state index in [-0.39, 0.29) is 0 Å². The Labute approximate surface area is 183 Å². The Morgan fingerprint density at radius 2 is 1.37 bits per heavy atom. The molecule has 2 atom stereocenters. The van der Waals surface area contributed by atoms with E-state index in [4.69, 9.17) is 0 Å². The van der Waals surface area contributed by atoms with Crippen molar-refractivity contribution in [1.29, 1.82) is 0 Å². The van der Waals surface area contributed by atoms with E-state index in [1.54, 1.807) is 0 Å². The van der Waals surface area contributed by atoms with E-state index in [1.165, 1.54) is 33.8 Å². The largest absolute Gasteiger partial charge is 0.255 e. The van der Waals surface area contributed by atoms with Crippen LogP contribution in [0.15, 0.2) is 42.5 Å². The van der Waals surface area contributed by atoms with E-state index < -0.39 is 0 Å². The standard InChI is InChI=1S/C28H39N2/c1-17(2)22-14-11-15-23(18(3)4)26(22)30-25-16-21-12-9-10-13-24(21)27(25)29(20(7)8)28(30)19(5)6/h9-15,17-20,25,27H,16H2,1-8H3/q+1/t25-,27+/m0/s1. The number of fused-ring (bicyclic) bond motifs is 3. The highest BCUT2D eigenvalue weighted by Crippen LogP contribution is 2.48. The lowest BCUT2D eigenvalue weighted by Crippen LogP contribution is -2.41. The molecule has 0 saturated heterocycles. The molecule has 2 heteroatoms. The van der Waals surface area contributed by atoms with Crippen molar-refractivity contribution in [3.63, 3.8) is 0 Å². The normalized spacial score (nSPS) is 20.9. The van der Waals surface area contributed by atoms with Crippen molar-refractivity contribution in [1.82, 2.24) is 0 Å². The van der Waals surface area contributed by atoms with Crippen LogP contribution in [0.3, 0.4) is 0 Å². The molecule has 1 aliphatic heterocycles. The van der Waals surface area contributed by atoms with Gasteiger partial charge in [0.2, 0.25) is 0 Å². The minimum atomic E-state index is 0.443. The minimum absolute atomic E-state index is 0.443. The molecule has 2 aromatic rings. The van der Waals surface area contributed by atoms with Crippen molar-refractivity contribution in [2.75, 3.05) is 4.90 Å². The average molecular weight is 404 g/mol. The summed E-state index contributed by atoms with van der Waals surface area (Å²) in [5.74, 6) is 2.99. The first kappa shape index (κ1) is 21.2. The van der Waals surface area contributed by atoms with E-state index in [9.17, 15) is 0 Å². The Bertz CT molecular complexity index is 938. The van der Waals surface area contributed by atoms with Gasteiger partial charge in [-0.05, 0) is 31.2 Å². The van der Waals surface area contributed by atoms with Crippen LogP contribution >= 0.6 is 0 Å². The highest BCUT2D eigenvalue weighted by molar-refractivity contribution is 5.99. The van der Waals surface area contributed by atoms with Gasteiger partial charge in [-0.15, -0.1) is 0 Å². The molecule has 0 aromatic heterocycles. The molecule has 0 spiro atoms. The van der Waals surface area contributed by atoms with Crippen LogP contribution < -0.4 is 4.90 Å². The maximum atomic E-state index is 2.78. The topological polar surface area (TPSA) is 6.25 Å². The zero-order valence-electron chi connectivity index (χ0n) is 20.1. The summed E-state index contributed by atoms with van der Waals surface area (Å²) in [4.78, 5) is 2.78. The van der Waals surface area contributed by atoms with E-state index in [0.29, 0.717) is 35.9 Å². The smallest absolute Gasteiger partial charge is 0.252 e. The molecule has 4 rings (SSSR count). The van der Waals surface area contributed by atoms with Gasteiger partial charge in [0.25, 0.3) is 5.84 Å². The molecule has 1 heterocycles. The molecule has 2 aliphatic rings. The van der Waals surface area contributed by atoms with Crippen molar-refractivity contribution in [2.24, 2.45) is 5.92 Å². The molecule has 0 bridgehead atoms. The summed E-state index contributed by atoms with van der Waals surface area (Å²) >= 11 is 0. The Balaban J connectivity index is 2.02. The van der Waals surface area contributed by atoms with Gasteiger partial charge in [0.1, 0.15) is 11.7 Å². The summed E-state index contributed by atoms with van der Waals surface area (Å²) in [6.45, 7) is 18.8. The van der Waals surface area contributed by atoms with Crippen molar-refractivity contribution in [3.05, 3.63) is 64.7 Å². The number of rotatable bonds is 5. The molecule has 2 nitrogen and oxygen atoms in total. The molecule has 160 valence electrons. The van der Waals surface area contributed by atoms with Crippen LogP contribution in [0, 0.1) is 5.92 Å². The van der Waals surface area contributed by atoms with Crippen LogP contribution in [0.25, 0.3) is 0 Å². The molecule has 0 fully saturated rings. The van der Waals surface area contributed by atoms with Crippen LogP contribution in [0.5, 0.6) is 0 Å². The fraction of sp³-hybridized carbons (Fsp3) is 0.536. The summed E-state index contributed by atoms with van der Waals surface area (Å²) in [7, 11) is 0. The van der Waals surface area contributed by atoms with E-state index in [2.05, 4.69) is 107 Å². The van der Waals surface area contributed by atoms with Crippen molar-refractivity contribution in [3.8, 4) is 0 Å². The zero-order chi connectivity index (χ0) is 21.7. The maximum absolute atomic E-state index is 2.78. The van der Waals surface area contributed by atoms with Crippen LogP contribution in [-0.2, 0) is 6.42 Å². The first-order valence-corrected chi connectivity index (χ1v) is 11.9. The molecule has 30 heavy (non-hydrogen) atoms. The van der Waals surface area contributed by atoms with Crippen LogP contribution in [-0.4, -0.2) is 22.5 Å². The Morgan fingerprint density at radius 3 is 1.90 bits per heavy atom. The summed E-state index contributed by atoms with van der Waals surface area (Å²) < 4.78 is 2.74. The number of anilines is 1. The van der Waals surface area contributed by atoms with Gasteiger partial charge in [0.05, 0.1) is 12.0 Å². The van der Waals surface area contributed by atoms with Crippen molar-refractivity contribution < 1.29 is 4.58 Å². The molecular formula is C28H39N2+. The molecule has 0 unspecified atom stereocenters. The number of benzene rings is 2. The maximum Gasteiger partial charge on any atom is 0.255 e. The molecule has 0 amide bonds. The van der Waals surface area contributed by atoms with Crippen molar-refractivity contribution >= 4 is 11.5 Å². The highest BCUT2D eigenvalue weighted by Gasteiger charge is 2.55. The van der Waals surface area contributed by atoms with Gasteiger partial charge in [0, 0.05) is 23.1 Å². The summed E-state index contributed by atoms with van der Waals surface area (Å²) in [6, 6.07) is 17.5. The SMILES string of the molecule is CC(C)C1=[N+](C(C)C)[C@@H]2c3ccccc3C[C@@H]2N1c1c(C(C)C)cccc1C(C)C. The van der Waals surface area contributed by atoms with Crippen LogP contribution in [0.2, 0.25) is 0 Å². The Hall–Kier alpha value is -2.09. The van der Waals surface area contributed by atoms with Gasteiger partial charge in [-0.2, -0.15) is 0 Å². The summed E-state index contributed by atoms with van der Waals surface area (Å²) in [5.41, 5.74) is 7.51. The number of hydrogen-bond donors (Lipinski definition) is 0.